The summed E-state index contributed by atoms with van der Waals surface area (Å²) in [4.78, 5) is 37.8. The molecule has 7 nitrogen and oxygen atoms in total. The Bertz CT molecular complexity index is 1830. The van der Waals surface area contributed by atoms with E-state index in [1.807, 2.05) is 102 Å². The lowest BCUT2D eigenvalue weighted by molar-refractivity contribution is -0.132. The van der Waals surface area contributed by atoms with Crippen molar-refractivity contribution in [2.24, 2.45) is 0 Å². The predicted octanol–water partition coefficient (Wildman–Crippen LogP) is 9.06. The zero-order valence-electron chi connectivity index (χ0n) is 26.5. The molecule has 44 heavy (non-hydrogen) atoms. The number of carbonyl (C=O) groups is 3. The number of hydrogen-bond donors (Lipinski definition) is 0. The number of esters is 2. The van der Waals surface area contributed by atoms with Crippen molar-refractivity contribution < 1.29 is 33.3 Å². The van der Waals surface area contributed by atoms with Crippen LogP contribution in [0, 0.1) is 13.8 Å². The minimum absolute atomic E-state index is 0.321. The van der Waals surface area contributed by atoms with Crippen molar-refractivity contribution in [3.63, 3.8) is 0 Å². The van der Waals surface area contributed by atoms with Crippen LogP contribution in [0.5, 0.6) is 23.0 Å². The number of rotatable bonds is 8. The van der Waals surface area contributed by atoms with E-state index in [0.717, 1.165) is 16.7 Å². The molecule has 0 bridgehead atoms. The molecule has 4 aromatic rings. The van der Waals surface area contributed by atoms with Gasteiger partial charge in [0.05, 0.1) is 0 Å². The van der Waals surface area contributed by atoms with E-state index in [2.05, 4.69) is 0 Å². The number of ether oxygens (including phenoxy) is 4. The fourth-order valence-electron chi connectivity index (χ4n) is 5.18. The lowest BCUT2D eigenvalue weighted by Crippen LogP contribution is -2.17. The third kappa shape index (κ3) is 7.00. The molecular weight excluding hydrogens is 556 g/mol. The Morgan fingerprint density at radius 3 is 1.23 bits per heavy atom. The van der Waals surface area contributed by atoms with Crippen LogP contribution in [0.25, 0.3) is 21.5 Å². The Balaban J connectivity index is 1.88. The Morgan fingerprint density at radius 2 is 0.841 bits per heavy atom. The summed E-state index contributed by atoms with van der Waals surface area (Å²) in [5, 5.41) is 2.50. The third-order valence-corrected chi connectivity index (χ3v) is 7.26. The van der Waals surface area contributed by atoms with E-state index in [0.29, 0.717) is 74.1 Å². The standard InChI is InChI=1S/C37H38O7/c1-21(2)17-19-27-24(6)34(30-14-10-11-15-31(30)35(27)42-26(8)39)43-37(40)44-36-28(20-18-22(3)4)23(5)33(41-25(7)38)29-13-9-12-16-32(29)36/h9-18H,19-20H2,1-8H3. The van der Waals surface area contributed by atoms with Crippen molar-refractivity contribution in [2.45, 2.75) is 68.2 Å². The van der Waals surface area contributed by atoms with Gasteiger partial charge in [-0.1, -0.05) is 71.8 Å². The molecule has 0 atom stereocenters. The Labute approximate surface area is 258 Å². The van der Waals surface area contributed by atoms with Crippen LogP contribution >= 0.6 is 0 Å². The average molecular weight is 595 g/mol. The van der Waals surface area contributed by atoms with Crippen molar-refractivity contribution in [1.82, 2.24) is 0 Å². The second-order valence-electron chi connectivity index (χ2n) is 11.2. The molecule has 0 aromatic heterocycles. The fourth-order valence-corrected chi connectivity index (χ4v) is 5.18. The third-order valence-electron chi connectivity index (χ3n) is 7.26. The first-order chi connectivity index (χ1) is 20.9. The molecule has 0 aliphatic rings. The minimum atomic E-state index is -0.921. The monoisotopic (exact) mass is 594 g/mol. The Hall–Kier alpha value is -4.91. The van der Waals surface area contributed by atoms with Gasteiger partial charge >= 0.3 is 18.1 Å². The van der Waals surface area contributed by atoms with Crippen molar-refractivity contribution in [3.05, 3.63) is 94.1 Å². The smallest absolute Gasteiger partial charge is 0.426 e. The summed E-state index contributed by atoms with van der Waals surface area (Å²) in [6.45, 7) is 14.4. The van der Waals surface area contributed by atoms with Gasteiger partial charge in [-0.05, 0) is 65.5 Å². The zero-order chi connectivity index (χ0) is 32.1. The zero-order valence-corrected chi connectivity index (χ0v) is 26.5. The van der Waals surface area contributed by atoms with Gasteiger partial charge in [-0.25, -0.2) is 4.79 Å². The van der Waals surface area contributed by atoms with Crippen molar-refractivity contribution in [1.29, 1.82) is 0 Å². The second kappa shape index (κ2) is 13.6. The molecule has 0 heterocycles. The maximum absolute atomic E-state index is 13.7. The summed E-state index contributed by atoms with van der Waals surface area (Å²) >= 11 is 0. The summed E-state index contributed by atoms with van der Waals surface area (Å²) in [6, 6.07) is 14.6. The van der Waals surface area contributed by atoms with Gasteiger partial charge in [0, 0.05) is 46.5 Å². The van der Waals surface area contributed by atoms with Gasteiger partial charge in [0.2, 0.25) is 0 Å². The van der Waals surface area contributed by atoms with E-state index < -0.39 is 18.1 Å². The van der Waals surface area contributed by atoms with E-state index in [4.69, 9.17) is 18.9 Å². The molecule has 0 radical (unpaired) electrons. The number of allylic oxidation sites excluding steroid dienone is 4. The number of fused-ring (bicyclic) bond motifs is 2. The highest BCUT2D eigenvalue weighted by atomic mass is 16.7. The first kappa shape index (κ1) is 32.0. The molecule has 0 aliphatic heterocycles. The summed E-state index contributed by atoms with van der Waals surface area (Å²) < 4.78 is 23.4. The first-order valence-electron chi connectivity index (χ1n) is 14.5. The van der Waals surface area contributed by atoms with Gasteiger partial charge in [0.1, 0.15) is 23.0 Å². The molecule has 0 amide bonds. The first-order valence-corrected chi connectivity index (χ1v) is 14.5. The van der Waals surface area contributed by atoms with E-state index in [9.17, 15) is 14.4 Å². The Kier molecular flexibility index (Phi) is 9.89. The number of hydrogen-bond acceptors (Lipinski definition) is 7. The molecule has 0 aliphatic carbocycles. The molecule has 0 fully saturated rings. The van der Waals surface area contributed by atoms with Crippen LogP contribution in [0.15, 0.2) is 71.8 Å². The maximum atomic E-state index is 13.7. The van der Waals surface area contributed by atoms with E-state index in [1.165, 1.54) is 13.8 Å². The van der Waals surface area contributed by atoms with Crippen LogP contribution in [0.2, 0.25) is 0 Å². The summed E-state index contributed by atoms with van der Waals surface area (Å²) in [6.07, 6.45) is 4.05. The molecule has 7 heteroatoms. The minimum Gasteiger partial charge on any atom is -0.426 e. The van der Waals surface area contributed by atoms with E-state index >= 15 is 0 Å². The molecule has 0 saturated carbocycles. The Morgan fingerprint density at radius 1 is 0.523 bits per heavy atom. The highest BCUT2D eigenvalue weighted by Crippen LogP contribution is 2.43. The highest BCUT2D eigenvalue weighted by Gasteiger charge is 2.25. The topological polar surface area (TPSA) is 88.1 Å². The maximum Gasteiger partial charge on any atom is 0.519 e. The number of carbonyl (C=O) groups excluding carboxylic acids is 3. The fraction of sp³-hybridized carbons (Fsp3) is 0.270. The van der Waals surface area contributed by atoms with Gasteiger partial charge in [0.15, 0.2) is 0 Å². The van der Waals surface area contributed by atoms with E-state index in [1.54, 1.807) is 0 Å². The molecule has 0 spiro atoms. The van der Waals surface area contributed by atoms with Crippen LogP contribution in [0.1, 0.15) is 63.8 Å². The van der Waals surface area contributed by atoms with Gasteiger partial charge < -0.3 is 18.9 Å². The van der Waals surface area contributed by atoms with Crippen molar-refractivity contribution >= 4 is 39.6 Å². The SMILES string of the molecule is CC(=O)Oc1c(C)c(CC=C(C)C)c(OC(=O)Oc2c(C)c(CC=C(C)C)c(OC(C)=O)c3ccccc23)c2ccccc12. The highest BCUT2D eigenvalue weighted by molar-refractivity contribution is 6.00. The van der Waals surface area contributed by atoms with Crippen LogP contribution in [0.3, 0.4) is 0 Å². The molecular formula is C37H38O7. The lowest BCUT2D eigenvalue weighted by atomic mass is 9.95. The summed E-state index contributed by atoms with van der Waals surface area (Å²) in [5.41, 5.74) is 4.96. The van der Waals surface area contributed by atoms with E-state index in [-0.39, 0.29) is 0 Å². The molecule has 0 saturated heterocycles. The van der Waals surface area contributed by atoms with Crippen molar-refractivity contribution in [2.75, 3.05) is 0 Å². The van der Waals surface area contributed by atoms with Gasteiger partial charge in [0.25, 0.3) is 0 Å². The van der Waals surface area contributed by atoms with Gasteiger partial charge in [-0.2, -0.15) is 0 Å². The lowest BCUT2D eigenvalue weighted by Gasteiger charge is -2.21. The average Bonchev–Trinajstić information content (AvgIpc) is 2.96. The molecule has 228 valence electrons. The van der Waals surface area contributed by atoms with Crippen molar-refractivity contribution in [3.8, 4) is 23.0 Å². The molecule has 4 aromatic carbocycles. The molecule has 4 rings (SSSR count). The summed E-state index contributed by atoms with van der Waals surface area (Å²) in [5.74, 6) is 0.641. The molecule has 0 N–H and O–H groups in total. The second-order valence-corrected chi connectivity index (χ2v) is 11.2. The van der Waals surface area contributed by atoms with Gasteiger partial charge in [-0.3, -0.25) is 9.59 Å². The predicted molar refractivity (Wildman–Crippen MR) is 173 cm³/mol. The van der Waals surface area contributed by atoms with Crippen LogP contribution in [0.4, 0.5) is 4.79 Å². The molecule has 0 unspecified atom stereocenters. The van der Waals surface area contributed by atoms with Crippen LogP contribution in [-0.2, 0) is 22.4 Å². The largest absolute Gasteiger partial charge is 0.519 e. The quantitative estimate of drug-likeness (QED) is 0.0870. The van der Waals surface area contributed by atoms with Gasteiger partial charge in [-0.15, -0.1) is 0 Å². The summed E-state index contributed by atoms with van der Waals surface area (Å²) in [7, 11) is 0. The van der Waals surface area contributed by atoms with Crippen LogP contribution in [-0.4, -0.2) is 18.1 Å². The van der Waals surface area contributed by atoms with Crippen LogP contribution < -0.4 is 18.9 Å². The normalized spacial score (nSPS) is 10.7. The number of benzene rings is 4.